The Kier molecular flexibility index (Phi) is 5.15. The lowest BCUT2D eigenvalue weighted by Crippen LogP contribution is -2.21. The number of benzene rings is 2. The van der Waals surface area contributed by atoms with Crippen molar-refractivity contribution in [2.24, 2.45) is 0 Å². The zero-order valence-electron chi connectivity index (χ0n) is 12.0. The van der Waals surface area contributed by atoms with Crippen LogP contribution in [0.2, 0.25) is 0 Å². The van der Waals surface area contributed by atoms with E-state index in [9.17, 15) is 28.5 Å². The number of non-ortho nitro benzene ring substituents is 1. The van der Waals surface area contributed by atoms with Crippen LogP contribution >= 0.6 is 0 Å². The van der Waals surface area contributed by atoms with Gasteiger partial charge >= 0.3 is 0 Å². The molecule has 0 atom stereocenters. The molecule has 0 fully saturated rings. The number of nitro benzene ring substituents is 1. The molecule has 7 nitrogen and oxygen atoms in total. The molecule has 0 radical (unpaired) electrons. The molecule has 0 unspecified atom stereocenters. The maximum atomic E-state index is 13.4. The molecular weight excluding hydrogens is 326 g/mol. The van der Waals surface area contributed by atoms with Crippen LogP contribution in [0.3, 0.4) is 0 Å². The molecule has 0 aliphatic heterocycles. The van der Waals surface area contributed by atoms with Crippen molar-refractivity contribution >= 4 is 23.6 Å². The summed E-state index contributed by atoms with van der Waals surface area (Å²) in [6.07, 6.45) is 0.340. The Morgan fingerprint density at radius 3 is 2.67 bits per heavy atom. The molecule has 0 saturated carbocycles. The first-order valence-electron chi connectivity index (χ1n) is 6.52. The van der Waals surface area contributed by atoms with Gasteiger partial charge in [0.15, 0.2) is 12.9 Å². The zero-order valence-corrected chi connectivity index (χ0v) is 12.0. The van der Waals surface area contributed by atoms with Gasteiger partial charge in [-0.1, -0.05) is 0 Å². The van der Waals surface area contributed by atoms with E-state index in [0.717, 1.165) is 36.4 Å². The number of hydrogen-bond acceptors (Lipinski definition) is 5. The highest BCUT2D eigenvalue weighted by atomic mass is 19.1. The lowest BCUT2D eigenvalue weighted by Gasteiger charge is -2.09. The van der Waals surface area contributed by atoms with Crippen molar-refractivity contribution < 1.29 is 28.0 Å². The normalized spacial score (nSPS) is 10.1. The van der Waals surface area contributed by atoms with Gasteiger partial charge in [0.25, 0.3) is 11.6 Å². The zero-order chi connectivity index (χ0) is 17.7. The molecule has 124 valence electrons. The standard InChI is InChI=1S/C15H10F2N2O5/c16-10-1-3-12(17)13(6-10)18-15(21)8-24-14-4-2-11(19(22)23)5-9(14)7-20/h1-7H,8H2,(H,18,21). The van der Waals surface area contributed by atoms with Gasteiger partial charge in [0.1, 0.15) is 17.4 Å². The van der Waals surface area contributed by atoms with Gasteiger partial charge in [-0.05, 0) is 18.2 Å². The topological polar surface area (TPSA) is 98.5 Å². The third kappa shape index (κ3) is 4.09. The second kappa shape index (κ2) is 7.27. The number of hydrogen-bond donors (Lipinski definition) is 1. The first kappa shape index (κ1) is 17.0. The smallest absolute Gasteiger partial charge is 0.270 e. The number of carbonyl (C=O) groups excluding carboxylic acids is 2. The molecule has 2 rings (SSSR count). The third-order valence-electron chi connectivity index (χ3n) is 2.89. The molecule has 0 aliphatic carbocycles. The number of aldehydes is 1. The largest absolute Gasteiger partial charge is 0.483 e. The minimum absolute atomic E-state index is 0.0505. The molecule has 0 aliphatic rings. The number of carbonyl (C=O) groups is 2. The van der Waals surface area contributed by atoms with Gasteiger partial charge in [-0.2, -0.15) is 0 Å². The molecule has 0 saturated heterocycles. The van der Waals surface area contributed by atoms with Crippen LogP contribution in [0.4, 0.5) is 20.2 Å². The van der Waals surface area contributed by atoms with E-state index in [2.05, 4.69) is 5.32 Å². The maximum Gasteiger partial charge on any atom is 0.270 e. The van der Waals surface area contributed by atoms with E-state index >= 15 is 0 Å². The number of halogens is 2. The molecule has 0 bridgehead atoms. The summed E-state index contributed by atoms with van der Waals surface area (Å²) >= 11 is 0. The fourth-order valence-corrected chi connectivity index (χ4v) is 1.80. The molecule has 9 heteroatoms. The van der Waals surface area contributed by atoms with Gasteiger partial charge in [-0.15, -0.1) is 0 Å². The van der Waals surface area contributed by atoms with Crippen LogP contribution in [0.5, 0.6) is 5.75 Å². The Morgan fingerprint density at radius 2 is 2.00 bits per heavy atom. The SMILES string of the molecule is O=Cc1cc([N+](=O)[O-])ccc1OCC(=O)Nc1cc(F)ccc1F. The van der Waals surface area contributed by atoms with Crippen molar-refractivity contribution in [2.75, 3.05) is 11.9 Å². The molecular formula is C15H10F2N2O5. The second-order valence-corrected chi connectivity index (χ2v) is 4.56. The molecule has 0 heterocycles. The summed E-state index contributed by atoms with van der Waals surface area (Å²) in [5.41, 5.74) is -0.785. The highest BCUT2D eigenvalue weighted by Gasteiger charge is 2.13. The van der Waals surface area contributed by atoms with E-state index in [4.69, 9.17) is 4.74 Å². The van der Waals surface area contributed by atoms with Crippen LogP contribution in [0, 0.1) is 21.7 Å². The molecule has 0 aromatic heterocycles. The maximum absolute atomic E-state index is 13.4. The Hall–Kier alpha value is -3.36. The van der Waals surface area contributed by atoms with Crippen LogP contribution < -0.4 is 10.1 Å². The van der Waals surface area contributed by atoms with Crippen LogP contribution in [-0.2, 0) is 4.79 Å². The third-order valence-corrected chi connectivity index (χ3v) is 2.89. The molecule has 1 amide bonds. The van der Waals surface area contributed by atoms with Gasteiger partial charge in [0.05, 0.1) is 16.2 Å². The van der Waals surface area contributed by atoms with E-state index in [1.54, 1.807) is 0 Å². The Balaban J connectivity index is 2.05. The summed E-state index contributed by atoms with van der Waals surface area (Å²) in [5, 5.41) is 12.7. The highest BCUT2D eigenvalue weighted by molar-refractivity contribution is 5.92. The average Bonchev–Trinajstić information content (AvgIpc) is 2.56. The van der Waals surface area contributed by atoms with Crippen molar-refractivity contribution in [3.63, 3.8) is 0 Å². The average molecular weight is 336 g/mol. The summed E-state index contributed by atoms with van der Waals surface area (Å²) in [7, 11) is 0. The van der Waals surface area contributed by atoms with Crippen LogP contribution in [0.25, 0.3) is 0 Å². The summed E-state index contributed by atoms with van der Waals surface area (Å²) in [4.78, 5) is 32.6. The number of anilines is 1. The van der Waals surface area contributed by atoms with Crippen molar-refractivity contribution in [3.8, 4) is 5.75 Å². The number of ether oxygens (including phenoxy) is 1. The molecule has 2 aromatic carbocycles. The lowest BCUT2D eigenvalue weighted by atomic mass is 10.2. The first-order valence-corrected chi connectivity index (χ1v) is 6.52. The van der Waals surface area contributed by atoms with Crippen molar-refractivity contribution in [1.82, 2.24) is 0 Å². The number of amides is 1. The summed E-state index contributed by atoms with van der Waals surface area (Å²) < 4.78 is 31.5. The molecule has 1 N–H and O–H groups in total. The van der Waals surface area contributed by atoms with Gasteiger partial charge in [0, 0.05) is 18.2 Å². The Bertz CT molecular complexity index is 810. The number of nitrogens with zero attached hydrogens (tertiary/aromatic N) is 1. The lowest BCUT2D eigenvalue weighted by molar-refractivity contribution is -0.384. The molecule has 24 heavy (non-hydrogen) atoms. The quantitative estimate of drug-likeness (QED) is 0.497. The Morgan fingerprint density at radius 1 is 1.25 bits per heavy atom. The fourth-order valence-electron chi connectivity index (χ4n) is 1.80. The van der Waals surface area contributed by atoms with Crippen molar-refractivity contribution in [3.05, 3.63) is 63.7 Å². The van der Waals surface area contributed by atoms with Crippen molar-refractivity contribution in [1.29, 1.82) is 0 Å². The number of rotatable bonds is 6. The first-order chi connectivity index (χ1) is 11.4. The molecule has 0 spiro atoms. The van der Waals surface area contributed by atoms with Gasteiger partial charge in [-0.25, -0.2) is 8.78 Å². The highest BCUT2D eigenvalue weighted by Crippen LogP contribution is 2.23. The van der Waals surface area contributed by atoms with Crippen molar-refractivity contribution in [2.45, 2.75) is 0 Å². The summed E-state index contributed by atoms with van der Waals surface area (Å²) in [6.45, 7) is -0.603. The summed E-state index contributed by atoms with van der Waals surface area (Å²) in [6, 6.07) is 5.81. The second-order valence-electron chi connectivity index (χ2n) is 4.56. The van der Waals surface area contributed by atoms with Crippen LogP contribution in [0.15, 0.2) is 36.4 Å². The Labute approximate surface area is 134 Å². The minimum Gasteiger partial charge on any atom is -0.483 e. The monoisotopic (exact) mass is 336 g/mol. The fraction of sp³-hybridized carbons (Fsp3) is 0.0667. The number of nitrogens with one attached hydrogen (secondary N) is 1. The number of nitro groups is 1. The predicted molar refractivity (Wildman–Crippen MR) is 79.0 cm³/mol. The van der Waals surface area contributed by atoms with Crippen LogP contribution in [-0.4, -0.2) is 23.7 Å². The van der Waals surface area contributed by atoms with Crippen LogP contribution in [0.1, 0.15) is 10.4 Å². The molecule has 2 aromatic rings. The minimum atomic E-state index is -0.825. The van der Waals surface area contributed by atoms with E-state index < -0.39 is 29.1 Å². The van der Waals surface area contributed by atoms with E-state index in [0.29, 0.717) is 6.29 Å². The van der Waals surface area contributed by atoms with Gasteiger partial charge in [0.2, 0.25) is 0 Å². The summed E-state index contributed by atoms with van der Waals surface area (Å²) in [5.74, 6) is -2.40. The van der Waals surface area contributed by atoms with E-state index in [1.165, 1.54) is 0 Å². The predicted octanol–water partition coefficient (Wildman–Crippen LogP) is 2.70. The van der Waals surface area contributed by atoms with Gasteiger partial charge in [-0.3, -0.25) is 19.7 Å². The van der Waals surface area contributed by atoms with E-state index in [1.807, 2.05) is 0 Å². The van der Waals surface area contributed by atoms with Gasteiger partial charge < -0.3 is 10.1 Å². The van der Waals surface area contributed by atoms with E-state index in [-0.39, 0.29) is 22.7 Å².